The van der Waals surface area contributed by atoms with Crippen molar-refractivity contribution in [2.45, 2.75) is 13.8 Å². The lowest BCUT2D eigenvalue weighted by molar-refractivity contribution is 0.102. The van der Waals surface area contributed by atoms with E-state index in [-0.39, 0.29) is 11.3 Å². The van der Waals surface area contributed by atoms with Gasteiger partial charge in [0.25, 0.3) is 5.91 Å². The Morgan fingerprint density at radius 1 is 1.25 bits per heavy atom. The summed E-state index contributed by atoms with van der Waals surface area (Å²) in [6.45, 7) is 3.81. The third-order valence-corrected chi connectivity index (χ3v) is 3.49. The van der Waals surface area contributed by atoms with E-state index < -0.39 is 11.7 Å². The van der Waals surface area contributed by atoms with Gasteiger partial charge in [-0.1, -0.05) is 6.07 Å². The van der Waals surface area contributed by atoms with Gasteiger partial charge in [-0.05, 0) is 59.1 Å². The molecule has 0 aliphatic rings. The summed E-state index contributed by atoms with van der Waals surface area (Å²) in [7, 11) is 0. The van der Waals surface area contributed by atoms with E-state index in [2.05, 4.69) is 21.2 Å². The van der Waals surface area contributed by atoms with E-state index in [4.69, 9.17) is 5.11 Å². The van der Waals surface area contributed by atoms with Crippen LogP contribution in [0.15, 0.2) is 34.8 Å². The predicted molar refractivity (Wildman–Crippen MR) is 79.6 cm³/mol. The summed E-state index contributed by atoms with van der Waals surface area (Å²) in [5.41, 5.74) is 2.43. The summed E-state index contributed by atoms with van der Waals surface area (Å²) in [6.07, 6.45) is 0. The lowest BCUT2D eigenvalue weighted by Gasteiger charge is -2.12. The number of halogens is 2. The Balaban J connectivity index is 2.33. The largest absolute Gasteiger partial charge is 0.508 e. The molecule has 0 aliphatic heterocycles. The summed E-state index contributed by atoms with van der Waals surface area (Å²) < 4.78 is 14.4. The molecule has 0 atom stereocenters. The summed E-state index contributed by atoms with van der Waals surface area (Å²) in [5, 5.41) is 11.8. The van der Waals surface area contributed by atoms with Gasteiger partial charge in [0.2, 0.25) is 0 Å². The highest BCUT2D eigenvalue weighted by Gasteiger charge is 2.15. The van der Waals surface area contributed by atoms with Crippen molar-refractivity contribution in [3.05, 3.63) is 57.3 Å². The molecule has 2 aromatic carbocycles. The molecular weight excluding hydrogens is 325 g/mol. The van der Waals surface area contributed by atoms with Crippen molar-refractivity contribution in [2.24, 2.45) is 0 Å². The standard InChI is InChI=1S/C15H13BrFNO2/c1-8-5-9(2)14(12(16)6-8)18-15(20)11-4-3-10(19)7-13(11)17/h3-7,19H,1-2H3,(H,18,20). The fourth-order valence-corrected chi connectivity index (χ4v) is 2.72. The zero-order chi connectivity index (χ0) is 14.9. The molecular formula is C15H13BrFNO2. The van der Waals surface area contributed by atoms with Crippen molar-refractivity contribution < 1.29 is 14.3 Å². The molecule has 0 fully saturated rings. The molecule has 5 heteroatoms. The van der Waals surface area contributed by atoms with Gasteiger partial charge in [0, 0.05) is 10.5 Å². The number of carbonyl (C=O) groups is 1. The van der Waals surface area contributed by atoms with Crippen LogP contribution in [0, 0.1) is 19.7 Å². The number of rotatable bonds is 2. The molecule has 0 bridgehead atoms. The van der Waals surface area contributed by atoms with E-state index >= 15 is 0 Å². The molecule has 3 nitrogen and oxygen atoms in total. The molecule has 2 rings (SSSR count). The molecule has 0 aliphatic carbocycles. The Morgan fingerprint density at radius 2 is 1.95 bits per heavy atom. The van der Waals surface area contributed by atoms with Gasteiger partial charge in [-0.15, -0.1) is 0 Å². The molecule has 0 saturated heterocycles. The second-order valence-electron chi connectivity index (χ2n) is 4.56. The van der Waals surface area contributed by atoms with Gasteiger partial charge in [0.05, 0.1) is 11.3 Å². The topological polar surface area (TPSA) is 49.3 Å². The number of amides is 1. The number of nitrogens with one attached hydrogen (secondary N) is 1. The highest BCUT2D eigenvalue weighted by molar-refractivity contribution is 9.10. The number of aryl methyl sites for hydroxylation is 2. The number of benzene rings is 2. The molecule has 0 aromatic heterocycles. The maximum absolute atomic E-state index is 13.6. The van der Waals surface area contributed by atoms with Crippen molar-refractivity contribution in [2.75, 3.05) is 5.32 Å². The Bertz CT molecular complexity index is 663. The first-order valence-corrected chi connectivity index (χ1v) is 6.74. The number of phenols is 1. The maximum atomic E-state index is 13.6. The second-order valence-corrected chi connectivity index (χ2v) is 5.41. The first kappa shape index (κ1) is 14.5. The Hall–Kier alpha value is -1.88. The van der Waals surface area contributed by atoms with Crippen LogP contribution in [0.25, 0.3) is 0 Å². The maximum Gasteiger partial charge on any atom is 0.258 e. The third-order valence-electron chi connectivity index (χ3n) is 2.87. The monoisotopic (exact) mass is 337 g/mol. The van der Waals surface area contributed by atoms with Crippen LogP contribution in [0.4, 0.5) is 10.1 Å². The molecule has 2 N–H and O–H groups in total. The van der Waals surface area contributed by atoms with Gasteiger partial charge in [0.1, 0.15) is 11.6 Å². The number of carbonyl (C=O) groups excluding carboxylic acids is 1. The minimum atomic E-state index is -0.761. The highest BCUT2D eigenvalue weighted by atomic mass is 79.9. The first-order chi connectivity index (χ1) is 9.38. The van der Waals surface area contributed by atoms with Crippen LogP contribution in [-0.2, 0) is 0 Å². The van der Waals surface area contributed by atoms with E-state index in [9.17, 15) is 9.18 Å². The van der Waals surface area contributed by atoms with E-state index in [0.29, 0.717) is 5.69 Å². The first-order valence-electron chi connectivity index (χ1n) is 5.95. The zero-order valence-corrected chi connectivity index (χ0v) is 12.6. The summed E-state index contributed by atoms with van der Waals surface area (Å²) in [6, 6.07) is 7.22. The number of aromatic hydroxyl groups is 1. The van der Waals surface area contributed by atoms with Crippen LogP contribution in [0.1, 0.15) is 21.5 Å². The summed E-state index contributed by atoms with van der Waals surface area (Å²) >= 11 is 3.38. The highest BCUT2D eigenvalue weighted by Crippen LogP contribution is 2.28. The van der Waals surface area contributed by atoms with Crippen LogP contribution in [0.5, 0.6) is 5.75 Å². The number of hydrogen-bond acceptors (Lipinski definition) is 2. The normalized spacial score (nSPS) is 10.4. The molecule has 2 aromatic rings. The Labute approximate surface area is 124 Å². The third kappa shape index (κ3) is 2.99. The van der Waals surface area contributed by atoms with Gasteiger partial charge >= 0.3 is 0 Å². The molecule has 104 valence electrons. The quantitative estimate of drug-likeness (QED) is 0.864. The minimum absolute atomic E-state index is 0.116. The van der Waals surface area contributed by atoms with E-state index in [0.717, 1.165) is 21.7 Å². The molecule has 0 radical (unpaired) electrons. The van der Waals surface area contributed by atoms with Crippen molar-refractivity contribution in [1.29, 1.82) is 0 Å². The Kier molecular flexibility index (Phi) is 4.09. The summed E-state index contributed by atoms with van der Waals surface area (Å²) in [5.74, 6) is -1.54. The number of anilines is 1. The van der Waals surface area contributed by atoms with Crippen molar-refractivity contribution >= 4 is 27.5 Å². The number of hydrogen-bond donors (Lipinski definition) is 2. The van der Waals surface area contributed by atoms with Gasteiger partial charge in [-0.25, -0.2) is 4.39 Å². The van der Waals surface area contributed by atoms with Gasteiger partial charge in [-0.2, -0.15) is 0 Å². The molecule has 0 spiro atoms. The molecule has 0 heterocycles. The van der Waals surface area contributed by atoms with E-state index in [1.807, 2.05) is 26.0 Å². The average molecular weight is 338 g/mol. The van der Waals surface area contributed by atoms with Crippen LogP contribution < -0.4 is 5.32 Å². The minimum Gasteiger partial charge on any atom is -0.508 e. The smallest absolute Gasteiger partial charge is 0.258 e. The van der Waals surface area contributed by atoms with E-state index in [1.54, 1.807) is 0 Å². The Morgan fingerprint density at radius 3 is 2.55 bits per heavy atom. The second kappa shape index (κ2) is 5.63. The lowest BCUT2D eigenvalue weighted by Crippen LogP contribution is -2.15. The molecule has 0 unspecified atom stereocenters. The van der Waals surface area contributed by atoms with Crippen LogP contribution in [0.2, 0.25) is 0 Å². The van der Waals surface area contributed by atoms with Gasteiger partial charge in [0.15, 0.2) is 0 Å². The molecule has 20 heavy (non-hydrogen) atoms. The summed E-state index contributed by atoms with van der Waals surface area (Å²) in [4.78, 5) is 12.1. The predicted octanol–water partition coefficient (Wildman–Crippen LogP) is 4.16. The lowest BCUT2D eigenvalue weighted by atomic mass is 10.1. The number of phenolic OH excluding ortho intramolecular Hbond substituents is 1. The van der Waals surface area contributed by atoms with Crippen molar-refractivity contribution in [3.8, 4) is 5.75 Å². The molecule has 1 amide bonds. The fourth-order valence-electron chi connectivity index (χ4n) is 1.94. The van der Waals surface area contributed by atoms with Crippen LogP contribution in [0.3, 0.4) is 0 Å². The van der Waals surface area contributed by atoms with Crippen LogP contribution in [-0.4, -0.2) is 11.0 Å². The van der Waals surface area contributed by atoms with Gasteiger partial charge < -0.3 is 10.4 Å². The van der Waals surface area contributed by atoms with Gasteiger partial charge in [-0.3, -0.25) is 4.79 Å². The zero-order valence-electron chi connectivity index (χ0n) is 11.0. The average Bonchev–Trinajstić information content (AvgIpc) is 2.33. The van der Waals surface area contributed by atoms with E-state index in [1.165, 1.54) is 12.1 Å². The van der Waals surface area contributed by atoms with Crippen LogP contribution >= 0.6 is 15.9 Å². The fraction of sp³-hybridized carbons (Fsp3) is 0.133. The molecule has 0 saturated carbocycles. The van der Waals surface area contributed by atoms with Crippen molar-refractivity contribution in [1.82, 2.24) is 0 Å². The SMILES string of the molecule is Cc1cc(C)c(NC(=O)c2ccc(O)cc2F)c(Br)c1. The van der Waals surface area contributed by atoms with Crippen molar-refractivity contribution in [3.63, 3.8) is 0 Å².